The molecule has 0 aromatic heterocycles. The number of hydrogen-bond acceptors (Lipinski definition) is 10. The number of aliphatic carboxylic acids is 1. The highest BCUT2D eigenvalue weighted by Gasteiger charge is 2.30. The van der Waals surface area contributed by atoms with Crippen molar-refractivity contribution in [3.8, 4) is 5.75 Å². The largest absolute Gasteiger partial charge is 0.494 e. The number of carbonyl (C=O) groups is 6. The van der Waals surface area contributed by atoms with E-state index in [-0.39, 0.29) is 31.2 Å². The van der Waals surface area contributed by atoms with Crippen molar-refractivity contribution in [2.24, 2.45) is 11.7 Å². The Labute approximate surface area is 328 Å². The van der Waals surface area contributed by atoms with Crippen molar-refractivity contribution in [1.82, 2.24) is 26.2 Å². The number of nitrogens with zero attached hydrogens (tertiary/aromatic N) is 1. The second-order valence-electron chi connectivity index (χ2n) is 14.5. The van der Waals surface area contributed by atoms with Gasteiger partial charge in [0, 0.05) is 31.7 Å². The molecule has 2 aromatic carbocycles. The molecule has 3 rings (SSSR count). The Morgan fingerprint density at radius 3 is 2.04 bits per heavy atom. The Bertz CT molecular complexity index is 1560. The fraction of sp³-hybridized carbons (Fsp3) is 0.538. The van der Waals surface area contributed by atoms with Crippen LogP contribution in [-0.4, -0.2) is 108 Å². The zero-order chi connectivity index (χ0) is 40.4. The Morgan fingerprint density at radius 2 is 1.44 bits per heavy atom. The predicted molar refractivity (Wildman–Crippen MR) is 210 cm³/mol. The molecule has 0 bridgehead atoms. The second-order valence-corrected chi connectivity index (χ2v) is 14.9. The molecule has 7 N–H and O–H groups in total. The van der Waals surface area contributed by atoms with Crippen molar-refractivity contribution in [3.63, 3.8) is 0 Å². The van der Waals surface area contributed by atoms with E-state index >= 15 is 0 Å². The van der Waals surface area contributed by atoms with Crippen LogP contribution in [0.1, 0.15) is 64.0 Å². The summed E-state index contributed by atoms with van der Waals surface area (Å²) >= 11 is 4.16. The molecule has 55 heavy (non-hydrogen) atoms. The van der Waals surface area contributed by atoms with Gasteiger partial charge in [-0.1, -0.05) is 48.9 Å². The highest BCUT2D eigenvalue weighted by atomic mass is 32.1. The normalized spacial score (nSPS) is 14.8. The third-order valence-corrected chi connectivity index (χ3v) is 9.27. The van der Waals surface area contributed by atoms with Crippen LogP contribution < -0.4 is 31.7 Å². The van der Waals surface area contributed by atoms with E-state index in [9.17, 15) is 33.9 Å². The van der Waals surface area contributed by atoms with Crippen LogP contribution in [0.4, 0.5) is 4.79 Å². The van der Waals surface area contributed by atoms with Crippen molar-refractivity contribution >= 4 is 48.3 Å². The van der Waals surface area contributed by atoms with Gasteiger partial charge in [0.1, 0.15) is 29.5 Å². The van der Waals surface area contributed by atoms with Gasteiger partial charge in [-0.25, -0.2) is 9.59 Å². The minimum atomic E-state index is -1.31. The maximum atomic E-state index is 13.5. The summed E-state index contributed by atoms with van der Waals surface area (Å²) in [5.41, 5.74) is 6.10. The minimum Gasteiger partial charge on any atom is -0.494 e. The van der Waals surface area contributed by atoms with Crippen LogP contribution in [0, 0.1) is 5.92 Å². The van der Waals surface area contributed by atoms with Crippen molar-refractivity contribution in [1.29, 1.82) is 0 Å². The first kappa shape index (κ1) is 44.6. The first-order valence-electron chi connectivity index (χ1n) is 18.6. The van der Waals surface area contributed by atoms with Crippen molar-refractivity contribution < 1.29 is 43.3 Å². The van der Waals surface area contributed by atoms with Gasteiger partial charge >= 0.3 is 12.1 Å². The standard InChI is InChI=1S/C39H56N6O9S/c1-39(2,3)54-38(52)45-18-16-26(17-19-45)9-7-8-20-53-29-14-12-28(13-15-29)22-31(37(50)51)44-35(48)30(21-27-10-5-4-6-11-27)43-36(49)32(25-55)42-34(47)24-41-33(46)23-40/h4-6,10-15,26,30-32,55H,7-9,16-25,40H2,1-3H3,(H,41,46)(H,42,47)(H,43,49)(H,44,48)(H,50,51). The molecule has 1 fully saturated rings. The smallest absolute Gasteiger partial charge is 0.410 e. The van der Waals surface area contributed by atoms with Crippen LogP contribution in [-0.2, 0) is 41.6 Å². The van der Waals surface area contributed by atoms with Gasteiger partial charge < -0.3 is 46.5 Å². The summed E-state index contributed by atoms with van der Waals surface area (Å²) in [6.45, 7) is 6.83. The van der Waals surface area contributed by atoms with Gasteiger partial charge in [-0.05, 0) is 75.6 Å². The number of amides is 5. The lowest BCUT2D eigenvalue weighted by Crippen LogP contribution is -2.57. The lowest BCUT2D eigenvalue weighted by Gasteiger charge is -2.33. The number of unbranched alkanes of at least 4 members (excludes halogenated alkanes) is 1. The number of rotatable bonds is 20. The van der Waals surface area contributed by atoms with Crippen LogP contribution in [0.2, 0.25) is 0 Å². The van der Waals surface area contributed by atoms with Crippen molar-refractivity contribution in [3.05, 3.63) is 65.7 Å². The van der Waals surface area contributed by atoms with E-state index in [2.05, 4.69) is 33.9 Å². The van der Waals surface area contributed by atoms with Gasteiger partial charge in [-0.2, -0.15) is 12.6 Å². The number of thiol groups is 1. The number of likely N-dealkylation sites (tertiary alicyclic amines) is 1. The van der Waals surface area contributed by atoms with Gasteiger partial charge in [0.05, 0.1) is 19.7 Å². The number of carbonyl (C=O) groups excluding carboxylic acids is 5. The zero-order valence-electron chi connectivity index (χ0n) is 31.9. The van der Waals surface area contributed by atoms with E-state index in [1.54, 1.807) is 59.5 Å². The molecule has 1 aliphatic rings. The molecule has 15 nitrogen and oxygen atoms in total. The molecule has 1 saturated heterocycles. The number of benzene rings is 2. The zero-order valence-corrected chi connectivity index (χ0v) is 32.8. The Kier molecular flexibility index (Phi) is 18.3. The number of carboxylic acids is 1. The number of nitrogens with one attached hydrogen (secondary N) is 4. The number of hydrogen-bond donors (Lipinski definition) is 7. The molecule has 2 aromatic rings. The first-order chi connectivity index (χ1) is 26.2. The minimum absolute atomic E-state index is 0.0239. The highest BCUT2D eigenvalue weighted by molar-refractivity contribution is 7.80. The van der Waals surface area contributed by atoms with Gasteiger partial charge in [-0.3, -0.25) is 19.2 Å². The summed E-state index contributed by atoms with van der Waals surface area (Å²) in [6.07, 6.45) is 4.61. The molecular weight excluding hydrogens is 729 g/mol. The number of nitrogens with two attached hydrogens (primary N) is 1. The molecule has 3 unspecified atom stereocenters. The average Bonchev–Trinajstić information content (AvgIpc) is 3.15. The SMILES string of the molecule is CC(C)(C)OC(=O)N1CCC(CCCCOc2ccc(CC(NC(=O)C(Cc3ccccc3)NC(=O)C(CS)NC(=O)CNC(=O)CN)C(=O)O)cc2)CC1. The van der Waals surface area contributed by atoms with E-state index in [1.807, 2.05) is 20.8 Å². The topological polar surface area (TPSA) is 218 Å². The maximum absolute atomic E-state index is 13.5. The van der Waals surface area contributed by atoms with E-state index in [0.717, 1.165) is 32.1 Å². The number of piperidine rings is 1. The molecule has 0 spiro atoms. The molecule has 1 aliphatic heterocycles. The maximum Gasteiger partial charge on any atom is 0.410 e. The van der Waals surface area contributed by atoms with E-state index in [0.29, 0.717) is 42.5 Å². The first-order valence-corrected chi connectivity index (χ1v) is 19.2. The Morgan fingerprint density at radius 1 is 0.836 bits per heavy atom. The summed E-state index contributed by atoms with van der Waals surface area (Å²) in [7, 11) is 0. The van der Waals surface area contributed by atoms with Crippen LogP contribution in [0.5, 0.6) is 5.75 Å². The van der Waals surface area contributed by atoms with Crippen LogP contribution in [0.3, 0.4) is 0 Å². The average molecular weight is 785 g/mol. The molecule has 3 atom stereocenters. The lowest BCUT2D eigenvalue weighted by atomic mass is 9.92. The highest BCUT2D eigenvalue weighted by Crippen LogP contribution is 2.24. The van der Waals surface area contributed by atoms with E-state index < -0.39 is 59.9 Å². The molecular formula is C39H56N6O9S. The Balaban J connectivity index is 1.50. The molecule has 302 valence electrons. The quantitative estimate of drug-likeness (QED) is 0.0767. The van der Waals surface area contributed by atoms with Gasteiger partial charge in [0.2, 0.25) is 23.6 Å². The Hall–Kier alpha value is -4.83. The van der Waals surface area contributed by atoms with Gasteiger partial charge in [-0.15, -0.1) is 0 Å². The fourth-order valence-electron chi connectivity index (χ4n) is 5.91. The lowest BCUT2D eigenvalue weighted by molar-refractivity contribution is -0.142. The summed E-state index contributed by atoms with van der Waals surface area (Å²) in [5, 5.41) is 20.0. The molecule has 0 radical (unpaired) electrons. The summed E-state index contributed by atoms with van der Waals surface area (Å²) in [6, 6.07) is 12.2. The molecule has 0 aliphatic carbocycles. The second kappa shape index (κ2) is 22.5. The summed E-state index contributed by atoms with van der Waals surface area (Å²) in [5.74, 6) is -2.81. The van der Waals surface area contributed by atoms with E-state index in [1.165, 1.54) is 0 Å². The van der Waals surface area contributed by atoms with E-state index in [4.69, 9.17) is 15.2 Å². The molecule has 0 saturated carbocycles. The van der Waals surface area contributed by atoms with Crippen LogP contribution in [0.25, 0.3) is 0 Å². The van der Waals surface area contributed by atoms with Gasteiger partial charge in [0.15, 0.2) is 0 Å². The monoisotopic (exact) mass is 784 g/mol. The van der Waals surface area contributed by atoms with Crippen molar-refractivity contribution in [2.45, 2.75) is 89.4 Å². The van der Waals surface area contributed by atoms with Crippen molar-refractivity contribution in [2.75, 3.05) is 38.5 Å². The molecule has 1 heterocycles. The number of carboxylic acid groups (broad SMARTS) is 1. The molecule has 16 heteroatoms. The number of ether oxygens (including phenoxy) is 2. The fourth-order valence-corrected chi connectivity index (χ4v) is 6.16. The third-order valence-electron chi connectivity index (χ3n) is 8.90. The summed E-state index contributed by atoms with van der Waals surface area (Å²) < 4.78 is 11.4. The predicted octanol–water partition coefficient (Wildman–Crippen LogP) is 2.21. The summed E-state index contributed by atoms with van der Waals surface area (Å²) in [4.78, 5) is 76.8. The van der Waals surface area contributed by atoms with Crippen LogP contribution in [0.15, 0.2) is 54.6 Å². The van der Waals surface area contributed by atoms with Crippen LogP contribution >= 0.6 is 12.6 Å². The molecule has 5 amide bonds. The van der Waals surface area contributed by atoms with Gasteiger partial charge in [0.25, 0.3) is 0 Å². The third kappa shape index (κ3) is 16.6.